The van der Waals surface area contributed by atoms with Crippen LogP contribution in [0, 0.1) is 11.6 Å². The molecule has 0 aliphatic carbocycles. The van der Waals surface area contributed by atoms with Gasteiger partial charge in [-0.15, -0.1) is 0 Å². The van der Waals surface area contributed by atoms with Crippen molar-refractivity contribution in [3.63, 3.8) is 0 Å². The van der Waals surface area contributed by atoms with E-state index in [1.54, 1.807) is 0 Å². The summed E-state index contributed by atoms with van der Waals surface area (Å²) in [6.45, 7) is 1.80. The van der Waals surface area contributed by atoms with E-state index in [-0.39, 0.29) is 23.7 Å². The van der Waals surface area contributed by atoms with Gasteiger partial charge in [-0.2, -0.15) is 0 Å². The van der Waals surface area contributed by atoms with E-state index in [2.05, 4.69) is 4.74 Å². The lowest BCUT2D eigenvalue weighted by Gasteiger charge is -2.21. The highest BCUT2D eigenvalue weighted by molar-refractivity contribution is 6.33. The van der Waals surface area contributed by atoms with Crippen LogP contribution in [-0.2, 0) is 9.53 Å². The quantitative estimate of drug-likeness (QED) is 0.620. The Morgan fingerprint density at radius 2 is 1.90 bits per heavy atom. The lowest BCUT2D eigenvalue weighted by atomic mass is 10.1. The van der Waals surface area contributed by atoms with E-state index in [9.17, 15) is 18.4 Å². The smallest absolute Gasteiger partial charge is 0.325 e. The molecule has 0 saturated heterocycles. The Morgan fingerprint density at radius 3 is 2.45 bits per heavy atom. The van der Waals surface area contributed by atoms with Crippen LogP contribution in [0.3, 0.4) is 0 Å². The van der Waals surface area contributed by atoms with Gasteiger partial charge in [0.15, 0.2) is 11.6 Å². The monoisotopic (exact) mass is 305 g/mol. The van der Waals surface area contributed by atoms with E-state index in [1.165, 1.54) is 12.0 Å². The van der Waals surface area contributed by atoms with Crippen molar-refractivity contribution in [2.75, 3.05) is 20.2 Å². The molecule has 0 spiro atoms. The van der Waals surface area contributed by atoms with Gasteiger partial charge in [-0.05, 0) is 18.6 Å². The Bertz CT molecular complexity index is 523. The largest absolute Gasteiger partial charge is 0.468 e. The molecular weight excluding hydrogens is 292 g/mol. The number of ether oxygens (including phenoxy) is 1. The second-order valence-electron chi connectivity index (χ2n) is 4.05. The molecule has 0 saturated carbocycles. The van der Waals surface area contributed by atoms with Gasteiger partial charge in [0.25, 0.3) is 5.91 Å². The van der Waals surface area contributed by atoms with Crippen molar-refractivity contribution >= 4 is 23.5 Å². The molecule has 0 unspecified atom stereocenters. The van der Waals surface area contributed by atoms with Crippen LogP contribution in [0.25, 0.3) is 0 Å². The number of esters is 1. The van der Waals surface area contributed by atoms with Crippen LogP contribution < -0.4 is 0 Å². The molecule has 1 aromatic rings. The lowest BCUT2D eigenvalue weighted by molar-refractivity contribution is -0.141. The molecule has 0 fully saturated rings. The predicted molar refractivity (Wildman–Crippen MR) is 69.6 cm³/mol. The number of benzene rings is 1. The maximum Gasteiger partial charge on any atom is 0.325 e. The Kier molecular flexibility index (Phi) is 5.88. The molecule has 4 nitrogen and oxygen atoms in total. The number of hydrogen-bond acceptors (Lipinski definition) is 3. The molecule has 1 amide bonds. The second-order valence-corrected chi connectivity index (χ2v) is 4.46. The highest BCUT2D eigenvalue weighted by Gasteiger charge is 2.22. The maximum absolute atomic E-state index is 13.2. The maximum atomic E-state index is 13.2. The SMILES string of the molecule is CCCN(CC(=O)OC)C(=O)c1cc(F)c(F)cc1Cl. The molecule has 0 aliphatic heterocycles. The first-order valence-corrected chi connectivity index (χ1v) is 6.29. The molecule has 0 bridgehead atoms. The van der Waals surface area contributed by atoms with Crippen LogP contribution in [0.1, 0.15) is 23.7 Å². The molecule has 1 aromatic carbocycles. The van der Waals surface area contributed by atoms with Crippen molar-refractivity contribution in [1.29, 1.82) is 0 Å². The van der Waals surface area contributed by atoms with E-state index in [0.717, 1.165) is 12.1 Å². The van der Waals surface area contributed by atoms with Crippen LogP contribution >= 0.6 is 11.6 Å². The zero-order valence-corrected chi connectivity index (χ0v) is 11.8. The summed E-state index contributed by atoms with van der Waals surface area (Å²) in [4.78, 5) is 24.6. The van der Waals surface area contributed by atoms with Crippen LogP contribution in [0.5, 0.6) is 0 Å². The molecule has 0 radical (unpaired) electrons. The van der Waals surface area contributed by atoms with Crippen molar-refractivity contribution in [3.8, 4) is 0 Å². The van der Waals surface area contributed by atoms with Crippen molar-refractivity contribution in [2.24, 2.45) is 0 Å². The van der Waals surface area contributed by atoms with E-state index in [1.807, 2.05) is 6.92 Å². The fourth-order valence-electron chi connectivity index (χ4n) is 1.60. The minimum absolute atomic E-state index is 0.192. The molecular formula is C13H14ClF2NO3. The lowest BCUT2D eigenvalue weighted by Crippen LogP contribution is -2.37. The first kappa shape index (κ1) is 16.4. The average molecular weight is 306 g/mol. The molecule has 0 heterocycles. The summed E-state index contributed by atoms with van der Waals surface area (Å²) < 4.78 is 30.7. The molecule has 0 aliphatic rings. The third-order valence-electron chi connectivity index (χ3n) is 2.57. The van der Waals surface area contributed by atoms with Crippen LogP contribution in [0.15, 0.2) is 12.1 Å². The number of carbonyl (C=O) groups excluding carboxylic acids is 2. The second kappa shape index (κ2) is 7.19. The number of methoxy groups -OCH3 is 1. The summed E-state index contributed by atoms with van der Waals surface area (Å²) >= 11 is 5.74. The minimum Gasteiger partial charge on any atom is -0.468 e. The van der Waals surface area contributed by atoms with Gasteiger partial charge >= 0.3 is 5.97 Å². The molecule has 0 atom stereocenters. The Hall–Kier alpha value is -1.69. The highest BCUT2D eigenvalue weighted by atomic mass is 35.5. The first-order valence-electron chi connectivity index (χ1n) is 5.91. The summed E-state index contributed by atoms with van der Waals surface area (Å²) in [5.41, 5.74) is -0.192. The Labute approximate surface area is 120 Å². The van der Waals surface area contributed by atoms with E-state index >= 15 is 0 Å². The summed E-state index contributed by atoms with van der Waals surface area (Å²) in [5, 5.41) is -0.208. The predicted octanol–water partition coefficient (Wildman–Crippen LogP) is 2.64. The van der Waals surface area contributed by atoms with E-state index in [0.29, 0.717) is 6.42 Å². The third-order valence-corrected chi connectivity index (χ3v) is 2.88. The summed E-state index contributed by atoms with van der Waals surface area (Å²) in [6, 6.07) is 1.45. The van der Waals surface area contributed by atoms with Gasteiger partial charge in [-0.1, -0.05) is 18.5 Å². The summed E-state index contributed by atoms with van der Waals surface area (Å²) in [7, 11) is 1.20. The molecule has 0 aromatic heterocycles. The van der Waals surface area contributed by atoms with Crippen molar-refractivity contribution < 1.29 is 23.1 Å². The average Bonchev–Trinajstić information content (AvgIpc) is 2.41. The number of nitrogens with zero attached hydrogens (tertiary/aromatic N) is 1. The molecule has 0 N–H and O–H groups in total. The van der Waals surface area contributed by atoms with Crippen molar-refractivity contribution in [3.05, 3.63) is 34.4 Å². The highest BCUT2D eigenvalue weighted by Crippen LogP contribution is 2.21. The number of halogens is 3. The fraction of sp³-hybridized carbons (Fsp3) is 0.385. The number of amides is 1. The zero-order chi connectivity index (χ0) is 15.3. The molecule has 1 rings (SSSR count). The number of hydrogen-bond donors (Lipinski definition) is 0. The van der Waals surface area contributed by atoms with Gasteiger partial charge in [0.1, 0.15) is 6.54 Å². The van der Waals surface area contributed by atoms with Gasteiger partial charge < -0.3 is 9.64 Å². The Balaban J connectivity index is 3.05. The molecule has 7 heteroatoms. The van der Waals surface area contributed by atoms with Crippen molar-refractivity contribution in [1.82, 2.24) is 4.90 Å². The minimum atomic E-state index is -1.17. The van der Waals surface area contributed by atoms with Gasteiger partial charge in [0.05, 0.1) is 17.7 Å². The fourth-order valence-corrected chi connectivity index (χ4v) is 1.83. The number of carbonyl (C=O) groups is 2. The van der Waals surface area contributed by atoms with E-state index in [4.69, 9.17) is 11.6 Å². The van der Waals surface area contributed by atoms with Crippen LogP contribution in [0.2, 0.25) is 5.02 Å². The molecule has 20 heavy (non-hydrogen) atoms. The van der Waals surface area contributed by atoms with Crippen molar-refractivity contribution in [2.45, 2.75) is 13.3 Å². The standard InChI is InChI=1S/C13H14ClF2NO3/c1-3-4-17(7-12(18)20-2)13(19)8-5-10(15)11(16)6-9(8)14/h5-6H,3-4,7H2,1-2H3. The van der Waals surface area contributed by atoms with Crippen LogP contribution in [-0.4, -0.2) is 37.0 Å². The number of rotatable bonds is 5. The Morgan fingerprint density at radius 1 is 1.30 bits per heavy atom. The summed E-state index contributed by atoms with van der Waals surface area (Å²) in [6.07, 6.45) is 0.587. The topological polar surface area (TPSA) is 46.6 Å². The zero-order valence-electron chi connectivity index (χ0n) is 11.1. The third kappa shape index (κ3) is 3.90. The summed E-state index contributed by atoms with van der Waals surface area (Å²) in [5.74, 6) is -3.57. The van der Waals surface area contributed by atoms with Gasteiger partial charge in [0, 0.05) is 6.54 Å². The molecule has 110 valence electrons. The van der Waals surface area contributed by atoms with E-state index < -0.39 is 23.5 Å². The van der Waals surface area contributed by atoms with Gasteiger partial charge in [0.2, 0.25) is 0 Å². The van der Waals surface area contributed by atoms with Crippen LogP contribution in [0.4, 0.5) is 8.78 Å². The van der Waals surface area contributed by atoms with Gasteiger partial charge in [-0.3, -0.25) is 9.59 Å². The normalized spacial score (nSPS) is 10.2. The van der Waals surface area contributed by atoms with Gasteiger partial charge in [-0.25, -0.2) is 8.78 Å². The first-order chi connectivity index (χ1) is 9.40.